The zero-order valence-corrected chi connectivity index (χ0v) is 9.87. The molecular weight excluding hydrogens is 200 g/mol. The van der Waals surface area contributed by atoms with Gasteiger partial charge in [-0.1, -0.05) is 44.7 Å². The summed E-state index contributed by atoms with van der Waals surface area (Å²) in [6, 6.07) is 9.75. The number of carbonyl (C=O) groups is 1. The van der Waals surface area contributed by atoms with Gasteiger partial charge in [-0.2, -0.15) is 0 Å². The lowest BCUT2D eigenvalue weighted by Gasteiger charge is -2.04. The standard InChI is InChI=1S/C14H19O2/c1-2-3-4-5-9-12-16-14(15)13-10-7-6-8-11-13/h7-8,10-11H,2-5,9,12H2,1H3. The van der Waals surface area contributed by atoms with Crippen LogP contribution >= 0.6 is 0 Å². The van der Waals surface area contributed by atoms with Crippen LogP contribution in [0, 0.1) is 6.07 Å². The van der Waals surface area contributed by atoms with Crippen molar-refractivity contribution in [1.82, 2.24) is 0 Å². The van der Waals surface area contributed by atoms with Crippen molar-refractivity contribution in [3.63, 3.8) is 0 Å². The zero-order chi connectivity index (χ0) is 11.6. The fourth-order valence-electron chi connectivity index (χ4n) is 1.48. The summed E-state index contributed by atoms with van der Waals surface area (Å²) in [4.78, 5) is 11.5. The quantitative estimate of drug-likeness (QED) is 0.517. The molecule has 0 bridgehead atoms. The van der Waals surface area contributed by atoms with Crippen molar-refractivity contribution in [2.75, 3.05) is 6.61 Å². The first kappa shape index (κ1) is 12.8. The number of hydrogen-bond acceptors (Lipinski definition) is 2. The highest BCUT2D eigenvalue weighted by atomic mass is 16.5. The second-order valence-corrected chi connectivity index (χ2v) is 3.84. The molecule has 2 heteroatoms. The van der Waals surface area contributed by atoms with E-state index in [2.05, 4.69) is 13.0 Å². The summed E-state index contributed by atoms with van der Waals surface area (Å²) < 4.78 is 5.16. The Kier molecular flexibility index (Phi) is 6.31. The molecule has 0 aliphatic carbocycles. The van der Waals surface area contributed by atoms with Gasteiger partial charge in [-0.15, -0.1) is 0 Å². The maximum absolute atomic E-state index is 11.5. The first-order valence-electron chi connectivity index (χ1n) is 5.98. The minimum atomic E-state index is -0.232. The molecule has 0 heterocycles. The van der Waals surface area contributed by atoms with Crippen molar-refractivity contribution in [3.05, 3.63) is 35.9 Å². The molecule has 1 aromatic carbocycles. The number of benzene rings is 1. The SMILES string of the molecule is CCCCCCCOC(=O)c1cc[c]cc1. The van der Waals surface area contributed by atoms with Gasteiger partial charge in [-0.05, 0) is 24.6 Å². The van der Waals surface area contributed by atoms with Gasteiger partial charge in [0.2, 0.25) is 0 Å². The Labute approximate surface area is 97.6 Å². The third-order valence-corrected chi connectivity index (χ3v) is 2.43. The van der Waals surface area contributed by atoms with Gasteiger partial charge in [0, 0.05) is 0 Å². The summed E-state index contributed by atoms with van der Waals surface area (Å²) in [5.41, 5.74) is 0.604. The highest BCUT2D eigenvalue weighted by molar-refractivity contribution is 5.89. The Morgan fingerprint density at radius 1 is 1.19 bits per heavy atom. The van der Waals surface area contributed by atoms with Crippen LogP contribution in [0.1, 0.15) is 49.4 Å². The second kappa shape index (κ2) is 7.91. The van der Waals surface area contributed by atoms with Crippen LogP contribution in [-0.2, 0) is 4.74 Å². The second-order valence-electron chi connectivity index (χ2n) is 3.84. The van der Waals surface area contributed by atoms with Crippen molar-refractivity contribution in [1.29, 1.82) is 0 Å². The Morgan fingerprint density at radius 3 is 2.56 bits per heavy atom. The Morgan fingerprint density at radius 2 is 1.88 bits per heavy atom. The fourth-order valence-corrected chi connectivity index (χ4v) is 1.48. The highest BCUT2D eigenvalue weighted by Crippen LogP contribution is 2.05. The molecule has 0 N–H and O–H groups in total. The number of hydrogen-bond donors (Lipinski definition) is 0. The molecular formula is C14H19O2. The molecule has 16 heavy (non-hydrogen) atoms. The molecule has 1 radical (unpaired) electrons. The van der Waals surface area contributed by atoms with Crippen molar-refractivity contribution >= 4 is 5.97 Å². The minimum absolute atomic E-state index is 0.232. The minimum Gasteiger partial charge on any atom is -0.462 e. The van der Waals surface area contributed by atoms with Crippen LogP contribution in [0.15, 0.2) is 24.3 Å². The largest absolute Gasteiger partial charge is 0.462 e. The molecule has 1 rings (SSSR count). The van der Waals surface area contributed by atoms with Crippen molar-refractivity contribution < 1.29 is 9.53 Å². The van der Waals surface area contributed by atoms with Crippen molar-refractivity contribution in [2.24, 2.45) is 0 Å². The molecule has 0 fully saturated rings. The topological polar surface area (TPSA) is 26.3 Å². The van der Waals surface area contributed by atoms with E-state index in [0.29, 0.717) is 12.2 Å². The normalized spacial score (nSPS) is 10.1. The van der Waals surface area contributed by atoms with Crippen molar-refractivity contribution in [3.8, 4) is 0 Å². The van der Waals surface area contributed by atoms with Crippen LogP contribution in [0.3, 0.4) is 0 Å². The smallest absolute Gasteiger partial charge is 0.338 e. The number of carbonyl (C=O) groups excluding carboxylic acids is 1. The van der Waals surface area contributed by atoms with E-state index < -0.39 is 0 Å². The van der Waals surface area contributed by atoms with E-state index in [0.717, 1.165) is 12.8 Å². The molecule has 0 aromatic heterocycles. The monoisotopic (exact) mass is 219 g/mol. The molecule has 0 atom stereocenters. The van der Waals surface area contributed by atoms with Crippen LogP contribution < -0.4 is 0 Å². The fraction of sp³-hybridized carbons (Fsp3) is 0.500. The maximum Gasteiger partial charge on any atom is 0.338 e. The lowest BCUT2D eigenvalue weighted by Crippen LogP contribution is -2.06. The van der Waals surface area contributed by atoms with Crippen LogP contribution in [0.4, 0.5) is 0 Å². The van der Waals surface area contributed by atoms with Gasteiger partial charge in [0.05, 0.1) is 12.2 Å². The molecule has 87 valence electrons. The number of esters is 1. The van der Waals surface area contributed by atoms with Crippen LogP contribution in [0.2, 0.25) is 0 Å². The third-order valence-electron chi connectivity index (χ3n) is 2.43. The molecule has 0 amide bonds. The van der Waals surface area contributed by atoms with Gasteiger partial charge in [0.1, 0.15) is 0 Å². The predicted molar refractivity (Wildman–Crippen MR) is 64.3 cm³/mol. The molecule has 0 unspecified atom stereocenters. The number of ether oxygens (including phenoxy) is 1. The zero-order valence-electron chi connectivity index (χ0n) is 9.87. The van der Waals surface area contributed by atoms with Crippen LogP contribution in [0.25, 0.3) is 0 Å². The first-order valence-corrected chi connectivity index (χ1v) is 5.98. The third kappa shape index (κ3) is 4.96. The average Bonchev–Trinajstić information content (AvgIpc) is 2.34. The average molecular weight is 219 g/mol. The lowest BCUT2D eigenvalue weighted by molar-refractivity contribution is 0.0497. The summed E-state index contributed by atoms with van der Waals surface area (Å²) >= 11 is 0. The summed E-state index contributed by atoms with van der Waals surface area (Å²) in [6.45, 7) is 2.72. The maximum atomic E-state index is 11.5. The van der Waals surface area contributed by atoms with Gasteiger partial charge in [0.15, 0.2) is 0 Å². The van der Waals surface area contributed by atoms with E-state index >= 15 is 0 Å². The van der Waals surface area contributed by atoms with E-state index in [-0.39, 0.29) is 5.97 Å². The molecule has 0 aliphatic heterocycles. The van der Waals surface area contributed by atoms with Crippen molar-refractivity contribution in [2.45, 2.75) is 39.0 Å². The first-order chi connectivity index (χ1) is 7.84. The van der Waals surface area contributed by atoms with Gasteiger partial charge in [-0.25, -0.2) is 4.79 Å². The van der Waals surface area contributed by atoms with Gasteiger partial charge >= 0.3 is 5.97 Å². The summed E-state index contributed by atoms with van der Waals surface area (Å²) in [7, 11) is 0. The molecule has 2 nitrogen and oxygen atoms in total. The van der Waals surface area contributed by atoms with E-state index in [4.69, 9.17) is 4.74 Å². The van der Waals surface area contributed by atoms with E-state index in [1.807, 2.05) is 0 Å². The summed E-state index contributed by atoms with van der Waals surface area (Å²) in [6.07, 6.45) is 5.84. The van der Waals surface area contributed by atoms with Gasteiger partial charge < -0.3 is 4.74 Å². The predicted octanol–water partition coefficient (Wildman–Crippen LogP) is 3.61. The molecule has 1 aromatic rings. The molecule has 0 spiro atoms. The lowest BCUT2D eigenvalue weighted by atomic mass is 10.2. The summed E-state index contributed by atoms with van der Waals surface area (Å²) in [5, 5.41) is 0. The van der Waals surface area contributed by atoms with Gasteiger partial charge in [-0.3, -0.25) is 0 Å². The van der Waals surface area contributed by atoms with Gasteiger partial charge in [0.25, 0.3) is 0 Å². The Bertz CT molecular complexity index is 293. The van der Waals surface area contributed by atoms with E-state index in [9.17, 15) is 4.79 Å². The molecule has 0 aliphatic rings. The Hall–Kier alpha value is -1.31. The highest BCUT2D eigenvalue weighted by Gasteiger charge is 2.04. The Balaban J connectivity index is 2.12. The van der Waals surface area contributed by atoms with E-state index in [1.54, 1.807) is 24.3 Å². The van der Waals surface area contributed by atoms with Crippen LogP contribution in [-0.4, -0.2) is 12.6 Å². The molecule has 0 saturated carbocycles. The van der Waals surface area contributed by atoms with Crippen LogP contribution in [0.5, 0.6) is 0 Å². The molecule has 0 saturated heterocycles. The number of rotatable bonds is 7. The summed E-state index contributed by atoms with van der Waals surface area (Å²) in [5.74, 6) is -0.232. The van der Waals surface area contributed by atoms with E-state index in [1.165, 1.54) is 19.3 Å². The number of unbranched alkanes of at least 4 members (excludes halogenated alkanes) is 4.